The van der Waals surface area contributed by atoms with Crippen molar-refractivity contribution < 1.29 is 8.42 Å². The van der Waals surface area contributed by atoms with Gasteiger partial charge in [-0.1, -0.05) is 12.1 Å². The van der Waals surface area contributed by atoms with Gasteiger partial charge >= 0.3 is 0 Å². The molecule has 1 aromatic carbocycles. The maximum absolute atomic E-state index is 12.7. The van der Waals surface area contributed by atoms with Crippen LogP contribution in [0.5, 0.6) is 0 Å². The number of imidazole rings is 1. The zero-order valence-electron chi connectivity index (χ0n) is 12.2. The van der Waals surface area contributed by atoms with E-state index in [9.17, 15) is 8.42 Å². The molecule has 0 saturated heterocycles. The largest absolute Gasteiger partial charge is 0.333 e. The van der Waals surface area contributed by atoms with Gasteiger partial charge in [0.05, 0.1) is 21.9 Å². The van der Waals surface area contributed by atoms with Crippen LogP contribution in [0.4, 0.5) is 0 Å². The van der Waals surface area contributed by atoms with Gasteiger partial charge in [-0.15, -0.1) is 11.3 Å². The summed E-state index contributed by atoms with van der Waals surface area (Å²) in [6, 6.07) is 6.96. The zero-order valence-corrected chi connectivity index (χ0v) is 13.9. The lowest BCUT2D eigenvalue weighted by Gasteiger charge is -2.06. The van der Waals surface area contributed by atoms with Gasteiger partial charge in [0.25, 0.3) is 0 Å². The second-order valence-corrected chi connectivity index (χ2v) is 8.34. The monoisotopic (exact) mass is 333 g/mol. The quantitative estimate of drug-likeness (QED) is 0.736. The minimum Gasteiger partial charge on any atom is -0.333 e. The molecule has 3 aromatic rings. The molecule has 0 unspecified atom stereocenters. The average Bonchev–Trinajstić information content (AvgIpc) is 3.09. The van der Waals surface area contributed by atoms with Crippen molar-refractivity contribution in [3.05, 3.63) is 59.3 Å². The van der Waals surface area contributed by atoms with E-state index < -0.39 is 9.84 Å². The fourth-order valence-electron chi connectivity index (χ4n) is 2.23. The van der Waals surface area contributed by atoms with Crippen LogP contribution in [-0.2, 0) is 16.4 Å². The highest BCUT2D eigenvalue weighted by Gasteiger charge is 2.23. The predicted octanol–water partition coefficient (Wildman–Crippen LogP) is 2.84. The third-order valence-electron chi connectivity index (χ3n) is 3.26. The molecule has 114 valence electrons. The number of rotatable bonds is 4. The van der Waals surface area contributed by atoms with Crippen molar-refractivity contribution in [3.63, 3.8) is 0 Å². The van der Waals surface area contributed by atoms with E-state index in [4.69, 9.17) is 0 Å². The number of aromatic nitrogens is 3. The molecule has 0 aliphatic rings. The molecule has 0 amide bonds. The molecular formula is C15H15N3O2S2. The van der Waals surface area contributed by atoms with Gasteiger partial charge in [0.2, 0.25) is 9.84 Å². The maximum atomic E-state index is 12.7. The Bertz CT molecular complexity index is 880. The number of sulfone groups is 1. The van der Waals surface area contributed by atoms with E-state index in [0.29, 0.717) is 21.3 Å². The third kappa shape index (κ3) is 2.82. The molecule has 0 N–H and O–H groups in total. The van der Waals surface area contributed by atoms with Gasteiger partial charge in [0, 0.05) is 18.9 Å². The molecule has 0 aliphatic carbocycles. The van der Waals surface area contributed by atoms with E-state index in [1.165, 1.54) is 11.3 Å². The molecule has 0 spiro atoms. The lowest BCUT2D eigenvalue weighted by Crippen LogP contribution is -2.02. The Balaban J connectivity index is 1.90. The Hall–Kier alpha value is -1.99. The Kier molecular flexibility index (Phi) is 3.84. The first-order valence-corrected chi connectivity index (χ1v) is 9.00. The van der Waals surface area contributed by atoms with E-state index >= 15 is 0 Å². The molecular weight excluding hydrogens is 318 g/mol. The summed E-state index contributed by atoms with van der Waals surface area (Å²) < 4.78 is 27.6. The summed E-state index contributed by atoms with van der Waals surface area (Å²) in [5, 5.41) is 0.757. The lowest BCUT2D eigenvalue weighted by molar-refractivity contribution is 0.597. The Morgan fingerprint density at radius 3 is 2.45 bits per heavy atom. The topological polar surface area (TPSA) is 64.8 Å². The summed E-state index contributed by atoms with van der Waals surface area (Å²) in [5.41, 5.74) is 1.58. The van der Waals surface area contributed by atoms with Crippen molar-refractivity contribution in [1.29, 1.82) is 0 Å². The first-order valence-electron chi connectivity index (χ1n) is 6.70. The summed E-state index contributed by atoms with van der Waals surface area (Å²) in [7, 11) is -3.49. The molecule has 3 rings (SSSR count). The van der Waals surface area contributed by atoms with Crippen LogP contribution >= 0.6 is 11.3 Å². The maximum Gasteiger partial charge on any atom is 0.217 e. The predicted molar refractivity (Wildman–Crippen MR) is 84.8 cm³/mol. The SMILES string of the molecule is Cc1nc(C)c(S(=O)(=O)c2ccc(Cn3ccnc3)cc2)s1. The molecule has 0 bridgehead atoms. The second kappa shape index (κ2) is 5.66. The minimum absolute atomic E-state index is 0.300. The zero-order chi connectivity index (χ0) is 15.7. The van der Waals surface area contributed by atoms with Crippen molar-refractivity contribution in [2.75, 3.05) is 0 Å². The highest BCUT2D eigenvalue weighted by molar-refractivity contribution is 7.93. The van der Waals surface area contributed by atoms with Crippen molar-refractivity contribution in [1.82, 2.24) is 14.5 Å². The van der Waals surface area contributed by atoms with E-state index in [1.54, 1.807) is 31.6 Å². The van der Waals surface area contributed by atoms with E-state index in [1.807, 2.05) is 29.8 Å². The normalized spacial score (nSPS) is 11.7. The number of aryl methyl sites for hydroxylation is 2. The van der Waals surface area contributed by atoms with Crippen LogP contribution in [0.2, 0.25) is 0 Å². The van der Waals surface area contributed by atoms with Crippen molar-refractivity contribution in [2.45, 2.75) is 29.5 Å². The van der Waals surface area contributed by atoms with Gasteiger partial charge in [-0.3, -0.25) is 0 Å². The van der Waals surface area contributed by atoms with Crippen LogP contribution in [0.15, 0.2) is 52.1 Å². The van der Waals surface area contributed by atoms with Crippen molar-refractivity contribution >= 4 is 21.2 Å². The number of hydrogen-bond donors (Lipinski definition) is 0. The summed E-state index contributed by atoms with van der Waals surface area (Å²) in [6.07, 6.45) is 5.32. The Labute approximate surface area is 133 Å². The highest BCUT2D eigenvalue weighted by atomic mass is 32.2. The van der Waals surface area contributed by atoms with Gasteiger partial charge in [0.1, 0.15) is 4.21 Å². The van der Waals surface area contributed by atoms with Crippen LogP contribution in [0.3, 0.4) is 0 Å². The molecule has 0 atom stereocenters. The molecule has 7 heteroatoms. The number of nitrogens with zero attached hydrogens (tertiary/aromatic N) is 3. The minimum atomic E-state index is -3.49. The molecule has 5 nitrogen and oxygen atoms in total. The first kappa shape index (κ1) is 14.9. The molecule has 0 saturated carbocycles. The van der Waals surface area contributed by atoms with Gasteiger partial charge in [-0.25, -0.2) is 18.4 Å². The molecule has 2 heterocycles. The van der Waals surface area contributed by atoms with Crippen molar-refractivity contribution in [2.24, 2.45) is 0 Å². The standard InChI is InChI=1S/C15H15N3O2S2/c1-11-15(21-12(2)17-11)22(19,20)14-5-3-13(4-6-14)9-18-8-7-16-10-18/h3-8,10H,9H2,1-2H3. The number of hydrogen-bond acceptors (Lipinski definition) is 5. The van der Waals surface area contributed by atoms with Gasteiger partial charge in [0.15, 0.2) is 0 Å². The van der Waals surface area contributed by atoms with Crippen LogP contribution < -0.4 is 0 Å². The molecule has 0 radical (unpaired) electrons. The van der Waals surface area contributed by atoms with Crippen LogP contribution in [0.25, 0.3) is 0 Å². The summed E-state index contributed by atoms with van der Waals surface area (Å²) in [5.74, 6) is 0. The first-order chi connectivity index (χ1) is 10.5. The number of thiazole rings is 1. The van der Waals surface area contributed by atoms with Gasteiger partial charge in [-0.05, 0) is 31.5 Å². The van der Waals surface area contributed by atoms with E-state index in [0.717, 1.165) is 10.6 Å². The lowest BCUT2D eigenvalue weighted by atomic mass is 10.2. The van der Waals surface area contributed by atoms with Crippen LogP contribution in [-0.4, -0.2) is 23.0 Å². The Morgan fingerprint density at radius 2 is 1.91 bits per heavy atom. The van der Waals surface area contributed by atoms with Crippen LogP contribution in [0, 0.1) is 13.8 Å². The smallest absolute Gasteiger partial charge is 0.217 e. The third-order valence-corrected chi connectivity index (χ3v) is 6.72. The van der Waals surface area contributed by atoms with E-state index in [-0.39, 0.29) is 0 Å². The van der Waals surface area contributed by atoms with Crippen molar-refractivity contribution in [3.8, 4) is 0 Å². The highest BCUT2D eigenvalue weighted by Crippen LogP contribution is 2.29. The van der Waals surface area contributed by atoms with Crippen LogP contribution in [0.1, 0.15) is 16.3 Å². The second-order valence-electron chi connectivity index (χ2n) is 4.99. The fraction of sp³-hybridized carbons (Fsp3) is 0.200. The molecule has 2 aromatic heterocycles. The molecule has 0 fully saturated rings. The van der Waals surface area contributed by atoms with Gasteiger partial charge in [-0.2, -0.15) is 0 Å². The molecule has 22 heavy (non-hydrogen) atoms. The Morgan fingerprint density at radius 1 is 1.18 bits per heavy atom. The van der Waals surface area contributed by atoms with Gasteiger partial charge < -0.3 is 4.57 Å². The fourth-order valence-corrected chi connectivity index (χ4v) is 5.11. The molecule has 0 aliphatic heterocycles. The number of benzene rings is 1. The van der Waals surface area contributed by atoms with E-state index in [2.05, 4.69) is 9.97 Å². The average molecular weight is 333 g/mol. The summed E-state index contributed by atoms with van der Waals surface area (Å²) >= 11 is 1.21. The summed E-state index contributed by atoms with van der Waals surface area (Å²) in [6.45, 7) is 4.20. The summed E-state index contributed by atoms with van der Waals surface area (Å²) in [4.78, 5) is 8.49.